The highest BCUT2D eigenvalue weighted by atomic mass is 16.5. The first-order valence-electron chi connectivity index (χ1n) is 11.8. The maximum Gasteiger partial charge on any atom is 0.333 e. The van der Waals surface area contributed by atoms with Crippen LogP contribution in [-0.2, 0) is 14.9 Å². The Labute approximate surface area is 198 Å². The first-order chi connectivity index (χ1) is 15.8. The third-order valence-electron chi connectivity index (χ3n) is 5.22. The van der Waals surface area contributed by atoms with Gasteiger partial charge in [-0.1, -0.05) is 65.2 Å². The third kappa shape index (κ3) is 10.5. The molecule has 0 bridgehead atoms. The van der Waals surface area contributed by atoms with Crippen LogP contribution < -0.4 is 4.74 Å². The maximum absolute atomic E-state index is 11.3. The van der Waals surface area contributed by atoms with Gasteiger partial charge in [-0.15, -0.1) is 0 Å². The van der Waals surface area contributed by atoms with Crippen LogP contribution in [-0.4, -0.2) is 19.2 Å². The molecule has 0 N–H and O–H groups in total. The zero-order valence-electron chi connectivity index (χ0n) is 20.6. The van der Waals surface area contributed by atoms with Gasteiger partial charge in [0.05, 0.1) is 24.6 Å². The van der Waals surface area contributed by atoms with E-state index in [0.717, 1.165) is 55.6 Å². The molecular formula is C28H38N2O3. The van der Waals surface area contributed by atoms with Crippen LogP contribution >= 0.6 is 0 Å². The second-order valence-electron chi connectivity index (χ2n) is 9.38. The molecule has 5 nitrogen and oxygen atoms in total. The number of carbonyl (C=O) groups is 1. The minimum atomic E-state index is -0.297. The summed E-state index contributed by atoms with van der Waals surface area (Å²) in [5, 5.41) is 8.72. The molecule has 0 heterocycles. The molecule has 2 rings (SSSR count). The summed E-state index contributed by atoms with van der Waals surface area (Å²) in [5.74, 6) is 0.553. The number of rotatable bonds is 13. The average Bonchev–Trinajstić information content (AvgIpc) is 2.79. The average molecular weight is 451 g/mol. The molecule has 178 valence electrons. The van der Waals surface area contributed by atoms with Gasteiger partial charge in [-0.05, 0) is 67.1 Å². The second-order valence-corrected chi connectivity index (χ2v) is 9.38. The third-order valence-corrected chi connectivity index (χ3v) is 5.22. The Morgan fingerprint density at radius 2 is 1.45 bits per heavy atom. The first kappa shape index (κ1) is 26.3. The summed E-state index contributed by atoms with van der Waals surface area (Å²) < 4.78 is 10.9. The number of carbonyl (C=O) groups excluding carboxylic acids is 1. The van der Waals surface area contributed by atoms with Crippen LogP contribution in [0.2, 0.25) is 0 Å². The Hall–Kier alpha value is -2.95. The zero-order valence-corrected chi connectivity index (χ0v) is 20.6. The maximum atomic E-state index is 11.3. The lowest BCUT2D eigenvalue weighted by Crippen LogP contribution is -2.10. The highest BCUT2D eigenvalue weighted by Crippen LogP contribution is 2.27. The van der Waals surface area contributed by atoms with Crippen molar-refractivity contribution in [2.75, 3.05) is 13.2 Å². The molecule has 0 aliphatic carbocycles. The van der Waals surface area contributed by atoms with Crippen LogP contribution in [0.4, 0.5) is 11.4 Å². The van der Waals surface area contributed by atoms with E-state index in [1.54, 1.807) is 6.92 Å². The van der Waals surface area contributed by atoms with E-state index in [1.165, 1.54) is 5.56 Å². The highest BCUT2D eigenvalue weighted by Gasteiger charge is 2.13. The summed E-state index contributed by atoms with van der Waals surface area (Å²) in [6.45, 7) is 13.0. The van der Waals surface area contributed by atoms with E-state index in [9.17, 15) is 4.79 Å². The molecule has 0 saturated carbocycles. The number of hydrogen-bond acceptors (Lipinski definition) is 5. The van der Waals surface area contributed by atoms with E-state index in [-0.39, 0.29) is 11.4 Å². The summed E-state index contributed by atoms with van der Waals surface area (Å²) in [5.41, 5.74) is 3.45. The monoisotopic (exact) mass is 450 g/mol. The number of hydrogen-bond donors (Lipinski definition) is 0. The normalized spacial score (nSPS) is 11.5. The summed E-state index contributed by atoms with van der Waals surface area (Å²) in [6.07, 6.45) is 6.43. The van der Waals surface area contributed by atoms with Gasteiger partial charge < -0.3 is 9.47 Å². The van der Waals surface area contributed by atoms with Crippen LogP contribution in [0.1, 0.15) is 71.8 Å². The number of unbranched alkanes of at least 4 members (excludes halogenated alkanes) is 5. The Kier molecular flexibility index (Phi) is 10.8. The van der Waals surface area contributed by atoms with Gasteiger partial charge in [-0.2, -0.15) is 10.2 Å². The minimum absolute atomic E-state index is 0.0890. The molecule has 0 unspecified atom stereocenters. The van der Waals surface area contributed by atoms with Gasteiger partial charge in [0.25, 0.3) is 0 Å². The molecule has 0 aliphatic rings. The summed E-state index contributed by atoms with van der Waals surface area (Å²) in [4.78, 5) is 11.3. The molecule has 2 aromatic rings. The van der Waals surface area contributed by atoms with Crippen LogP contribution in [0.3, 0.4) is 0 Å². The van der Waals surface area contributed by atoms with Gasteiger partial charge in [-0.3, -0.25) is 0 Å². The van der Waals surface area contributed by atoms with Crippen molar-refractivity contribution in [2.24, 2.45) is 10.2 Å². The molecule has 33 heavy (non-hydrogen) atoms. The van der Waals surface area contributed by atoms with Crippen molar-refractivity contribution in [3.63, 3.8) is 0 Å². The van der Waals surface area contributed by atoms with E-state index < -0.39 is 0 Å². The molecule has 0 spiro atoms. The lowest BCUT2D eigenvalue weighted by Gasteiger charge is -2.18. The van der Waals surface area contributed by atoms with E-state index in [4.69, 9.17) is 9.47 Å². The highest BCUT2D eigenvalue weighted by molar-refractivity contribution is 5.86. The molecule has 0 fully saturated rings. The van der Waals surface area contributed by atoms with Crippen molar-refractivity contribution in [3.05, 3.63) is 66.2 Å². The fraction of sp³-hybridized carbons (Fsp3) is 0.464. The smallest absolute Gasteiger partial charge is 0.333 e. The molecular weight excluding hydrogens is 412 g/mol. The van der Waals surface area contributed by atoms with Gasteiger partial charge in [0.2, 0.25) is 0 Å². The molecule has 5 heteroatoms. The first-order valence-corrected chi connectivity index (χ1v) is 11.8. The lowest BCUT2D eigenvalue weighted by molar-refractivity contribution is -0.139. The number of azo groups is 1. The molecule has 2 aromatic carbocycles. The lowest BCUT2D eigenvalue weighted by atomic mass is 9.87. The molecule has 0 aliphatic heterocycles. The zero-order chi connectivity index (χ0) is 24.1. The van der Waals surface area contributed by atoms with Crippen molar-refractivity contribution < 1.29 is 14.3 Å². The van der Waals surface area contributed by atoms with Crippen molar-refractivity contribution in [1.29, 1.82) is 0 Å². The summed E-state index contributed by atoms with van der Waals surface area (Å²) in [6, 6.07) is 15.9. The van der Waals surface area contributed by atoms with E-state index in [2.05, 4.69) is 49.7 Å². The quantitative estimate of drug-likeness (QED) is 0.134. The van der Waals surface area contributed by atoms with Gasteiger partial charge in [0.1, 0.15) is 5.75 Å². The largest absolute Gasteiger partial charge is 0.494 e. The van der Waals surface area contributed by atoms with Gasteiger partial charge in [-0.25, -0.2) is 4.79 Å². The van der Waals surface area contributed by atoms with E-state index in [0.29, 0.717) is 18.8 Å². The fourth-order valence-corrected chi connectivity index (χ4v) is 3.15. The van der Waals surface area contributed by atoms with Gasteiger partial charge >= 0.3 is 5.97 Å². The van der Waals surface area contributed by atoms with Crippen molar-refractivity contribution in [1.82, 2.24) is 0 Å². The molecule has 0 atom stereocenters. The number of esters is 1. The standard InChI is InChI=1S/C28H38N2O3/c1-22(2)27(31)33-20-11-9-7-6-8-10-19-32-26-17-15-24(16-18-26)29-30-25-14-12-13-23(21-25)28(3,4)5/h12-18,21H,1,6-11,19-20H2,2-5H3/b30-29+. The number of nitrogens with zero attached hydrogens (tertiary/aromatic N) is 2. The minimum Gasteiger partial charge on any atom is -0.494 e. The van der Waals surface area contributed by atoms with Crippen molar-refractivity contribution in [2.45, 2.75) is 71.6 Å². The predicted molar refractivity (Wildman–Crippen MR) is 135 cm³/mol. The van der Waals surface area contributed by atoms with Crippen LogP contribution in [0.25, 0.3) is 0 Å². The number of benzene rings is 2. The molecule has 0 radical (unpaired) electrons. The van der Waals surface area contributed by atoms with Gasteiger partial charge in [0, 0.05) is 5.57 Å². The fourth-order valence-electron chi connectivity index (χ4n) is 3.15. The van der Waals surface area contributed by atoms with Crippen LogP contribution in [0.15, 0.2) is 70.9 Å². The summed E-state index contributed by atoms with van der Waals surface area (Å²) >= 11 is 0. The second kappa shape index (κ2) is 13.6. The SMILES string of the molecule is C=C(C)C(=O)OCCCCCCCCOc1ccc(/N=N/c2cccc(C(C)(C)C)c2)cc1. The Morgan fingerprint density at radius 3 is 2.09 bits per heavy atom. The summed E-state index contributed by atoms with van der Waals surface area (Å²) in [7, 11) is 0. The molecule has 0 aromatic heterocycles. The Morgan fingerprint density at radius 1 is 0.848 bits per heavy atom. The predicted octanol–water partition coefficient (Wildman–Crippen LogP) is 8.24. The van der Waals surface area contributed by atoms with E-state index in [1.807, 2.05) is 36.4 Å². The van der Waals surface area contributed by atoms with Crippen molar-refractivity contribution in [3.8, 4) is 5.75 Å². The Bertz CT molecular complexity index is 911. The van der Waals surface area contributed by atoms with E-state index >= 15 is 0 Å². The van der Waals surface area contributed by atoms with Crippen molar-refractivity contribution >= 4 is 17.3 Å². The van der Waals surface area contributed by atoms with Crippen LogP contribution in [0, 0.1) is 0 Å². The number of ether oxygens (including phenoxy) is 2. The topological polar surface area (TPSA) is 60.2 Å². The molecule has 0 amide bonds. The van der Waals surface area contributed by atoms with Crippen LogP contribution in [0.5, 0.6) is 5.75 Å². The Balaban J connectivity index is 1.61. The molecule has 0 saturated heterocycles. The van der Waals surface area contributed by atoms with Gasteiger partial charge in [0.15, 0.2) is 0 Å².